The van der Waals surface area contributed by atoms with Gasteiger partial charge in [-0.2, -0.15) is 5.11 Å². The smallest absolute Gasteiger partial charge is 0.145 e. The van der Waals surface area contributed by atoms with Crippen LogP contribution in [-0.2, 0) is 14.3 Å². The van der Waals surface area contributed by atoms with Crippen LogP contribution in [0.25, 0.3) is 0 Å². The summed E-state index contributed by atoms with van der Waals surface area (Å²) in [5, 5.41) is 9.82. The highest BCUT2D eigenvalue weighted by atomic mass is 16.5. The highest BCUT2D eigenvalue weighted by molar-refractivity contribution is 5.90. The molecular weight excluding hydrogens is 382 g/mol. The first-order valence-electron chi connectivity index (χ1n) is 10.6. The Balaban J connectivity index is 2.54. The van der Waals surface area contributed by atoms with Crippen LogP contribution in [0, 0.1) is 0 Å². The van der Waals surface area contributed by atoms with E-state index in [1.165, 1.54) is 0 Å². The van der Waals surface area contributed by atoms with Crippen molar-refractivity contribution in [1.82, 2.24) is 5.01 Å². The number of aliphatic imine (C=N–C) groups is 2. The highest BCUT2D eigenvalue weighted by Crippen LogP contribution is 2.15. The van der Waals surface area contributed by atoms with Gasteiger partial charge in [-0.05, 0) is 45.3 Å². The molecule has 1 atom stereocenters. The molecule has 8 nitrogen and oxygen atoms in total. The Kier molecular flexibility index (Phi) is 12.7. The Morgan fingerprint density at radius 3 is 2.90 bits per heavy atom. The summed E-state index contributed by atoms with van der Waals surface area (Å²) in [6.45, 7) is 9.88. The molecule has 0 radical (unpaired) electrons. The summed E-state index contributed by atoms with van der Waals surface area (Å²) in [6.07, 6.45) is 12.1. The second-order valence-electron chi connectivity index (χ2n) is 7.70. The van der Waals surface area contributed by atoms with E-state index in [0.29, 0.717) is 26.1 Å². The molecular formula is C22H37N5O3. The summed E-state index contributed by atoms with van der Waals surface area (Å²) in [5.41, 5.74) is 0.742. The summed E-state index contributed by atoms with van der Waals surface area (Å²) in [5.74, 6) is 0.920. The number of aldehydes is 1. The maximum absolute atomic E-state index is 10.5. The van der Waals surface area contributed by atoms with Crippen LogP contribution in [0.3, 0.4) is 0 Å². The van der Waals surface area contributed by atoms with E-state index >= 15 is 0 Å². The topological polar surface area (TPSA) is 88.2 Å². The minimum absolute atomic E-state index is 0.0453. The molecule has 0 amide bonds. The second-order valence-corrected chi connectivity index (χ2v) is 7.70. The third-order valence-electron chi connectivity index (χ3n) is 4.43. The first kappa shape index (κ1) is 25.8. The van der Waals surface area contributed by atoms with Gasteiger partial charge >= 0.3 is 0 Å². The zero-order chi connectivity index (χ0) is 22.2. The largest absolute Gasteiger partial charge is 0.376 e. The quantitative estimate of drug-likeness (QED) is 0.240. The molecule has 0 saturated carbocycles. The number of amidine groups is 1. The molecule has 0 aromatic carbocycles. The molecule has 1 unspecified atom stereocenters. The minimum atomic E-state index is -0.394. The monoisotopic (exact) mass is 419 g/mol. The van der Waals surface area contributed by atoms with Crippen molar-refractivity contribution in [2.75, 3.05) is 33.4 Å². The van der Waals surface area contributed by atoms with E-state index in [4.69, 9.17) is 9.47 Å². The number of ether oxygens (including phenoxy) is 2. The summed E-state index contributed by atoms with van der Waals surface area (Å²) in [4.78, 5) is 19.4. The SMILES string of the molecule is CCCC1=NCC=C(/C=C/N(CC(C)OCCC(C)(C)OCC=O)N=NC)CC=N1. The van der Waals surface area contributed by atoms with Gasteiger partial charge in [0.1, 0.15) is 18.7 Å². The third kappa shape index (κ3) is 11.7. The van der Waals surface area contributed by atoms with E-state index in [1.54, 1.807) is 12.1 Å². The van der Waals surface area contributed by atoms with Crippen molar-refractivity contribution in [2.24, 2.45) is 20.3 Å². The van der Waals surface area contributed by atoms with Gasteiger partial charge in [0.15, 0.2) is 0 Å². The number of hydrogen-bond donors (Lipinski definition) is 0. The maximum Gasteiger partial charge on any atom is 0.145 e. The number of allylic oxidation sites excluding steroid dienone is 2. The van der Waals surface area contributed by atoms with Gasteiger partial charge in [0.05, 0.1) is 31.8 Å². The molecule has 1 rings (SSSR count). The van der Waals surface area contributed by atoms with Crippen LogP contribution in [0.5, 0.6) is 0 Å². The molecule has 30 heavy (non-hydrogen) atoms. The van der Waals surface area contributed by atoms with Gasteiger partial charge < -0.3 is 14.3 Å². The van der Waals surface area contributed by atoms with Crippen LogP contribution >= 0.6 is 0 Å². The van der Waals surface area contributed by atoms with Crippen molar-refractivity contribution in [3.05, 3.63) is 23.9 Å². The second kappa shape index (κ2) is 14.7. The zero-order valence-corrected chi connectivity index (χ0v) is 19.1. The van der Waals surface area contributed by atoms with Crippen LogP contribution in [0.1, 0.15) is 53.4 Å². The van der Waals surface area contributed by atoms with Crippen LogP contribution in [0.2, 0.25) is 0 Å². The van der Waals surface area contributed by atoms with E-state index < -0.39 is 5.60 Å². The van der Waals surface area contributed by atoms with Crippen LogP contribution in [0.15, 0.2) is 44.2 Å². The molecule has 1 heterocycles. The van der Waals surface area contributed by atoms with Crippen molar-refractivity contribution in [1.29, 1.82) is 0 Å². The molecule has 0 spiro atoms. The van der Waals surface area contributed by atoms with Crippen molar-refractivity contribution >= 4 is 18.3 Å². The molecule has 0 saturated heterocycles. The fourth-order valence-electron chi connectivity index (χ4n) is 2.73. The van der Waals surface area contributed by atoms with Gasteiger partial charge in [-0.3, -0.25) is 10.0 Å². The van der Waals surface area contributed by atoms with Crippen molar-refractivity contribution in [3.63, 3.8) is 0 Å². The fraction of sp³-hybridized carbons (Fsp3) is 0.682. The first-order chi connectivity index (χ1) is 14.4. The molecule has 0 bridgehead atoms. The third-order valence-corrected chi connectivity index (χ3v) is 4.43. The molecule has 0 aliphatic carbocycles. The number of carbonyl (C=O) groups is 1. The lowest BCUT2D eigenvalue weighted by atomic mass is 10.1. The number of carbonyl (C=O) groups excluding carboxylic acids is 1. The first-order valence-corrected chi connectivity index (χ1v) is 10.6. The van der Waals surface area contributed by atoms with Crippen molar-refractivity contribution in [3.8, 4) is 0 Å². The average Bonchev–Trinajstić information content (AvgIpc) is 2.67. The lowest BCUT2D eigenvalue weighted by molar-refractivity contribution is -0.119. The number of nitrogens with zero attached hydrogens (tertiary/aromatic N) is 5. The van der Waals surface area contributed by atoms with E-state index in [9.17, 15) is 4.79 Å². The van der Waals surface area contributed by atoms with Gasteiger partial charge in [0.25, 0.3) is 0 Å². The summed E-state index contributed by atoms with van der Waals surface area (Å²) < 4.78 is 11.4. The standard InChI is InChI=1S/C22H37N5O3/c1-6-7-21-24-12-8-20(9-13-25-21)10-14-27(26-23-5)18-19(2)29-16-11-22(3,4)30-17-15-28/h8,10,13-15,19H,6-7,9,11-12,16-18H2,1-5H3/b14-10+,20-8?,24-21?,25-13?,26-23?. The summed E-state index contributed by atoms with van der Waals surface area (Å²) >= 11 is 0. The number of hydrogen-bond acceptors (Lipinski definition) is 7. The molecule has 0 fully saturated rings. The van der Waals surface area contributed by atoms with Crippen LogP contribution in [0.4, 0.5) is 0 Å². The molecule has 0 aromatic rings. The van der Waals surface area contributed by atoms with Gasteiger partial charge in [0, 0.05) is 31.9 Å². The Morgan fingerprint density at radius 1 is 1.40 bits per heavy atom. The van der Waals surface area contributed by atoms with Crippen molar-refractivity contribution < 1.29 is 14.3 Å². The number of rotatable bonds is 14. The Morgan fingerprint density at radius 2 is 2.20 bits per heavy atom. The predicted molar refractivity (Wildman–Crippen MR) is 121 cm³/mol. The minimum Gasteiger partial charge on any atom is -0.376 e. The molecule has 0 aromatic heterocycles. The molecule has 0 N–H and O–H groups in total. The van der Waals surface area contributed by atoms with Crippen LogP contribution in [-0.4, -0.2) is 68.4 Å². The van der Waals surface area contributed by atoms with E-state index in [-0.39, 0.29) is 12.7 Å². The predicted octanol–water partition coefficient (Wildman–Crippen LogP) is 4.19. The van der Waals surface area contributed by atoms with Gasteiger partial charge in [-0.25, -0.2) is 4.99 Å². The molecule has 168 valence electrons. The maximum atomic E-state index is 10.5. The highest BCUT2D eigenvalue weighted by Gasteiger charge is 2.18. The molecule has 1 aliphatic rings. The zero-order valence-electron chi connectivity index (χ0n) is 19.1. The summed E-state index contributed by atoms with van der Waals surface area (Å²) in [6, 6.07) is 0. The van der Waals surface area contributed by atoms with Crippen LogP contribution < -0.4 is 0 Å². The van der Waals surface area contributed by atoms with E-state index in [1.807, 2.05) is 39.3 Å². The summed E-state index contributed by atoms with van der Waals surface area (Å²) in [7, 11) is 1.64. The average molecular weight is 420 g/mol. The Hall–Kier alpha value is -2.19. The Labute approximate surface area is 180 Å². The fourth-order valence-corrected chi connectivity index (χ4v) is 2.73. The van der Waals surface area contributed by atoms with Gasteiger partial charge in [0.2, 0.25) is 0 Å². The Bertz CT molecular complexity index is 653. The molecule has 1 aliphatic heterocycles. The normalized spacial score (nSPS) is 16.3. The van der Waals surface area contributed by atoms with Gasteiger partial charge in [-0.15, -0.1) is 0 Å². The lowest BCUT2D eigenvalue weighted by Gasteiger charge is -2.25. The lowest BCUT2D eigenvalue weighted by Crippen LogP contribution is -2.30. The van der Waals surface area contributed by atoms with E-state index in [0.717, 1.165) is 37.0 Å². The van der Waals surface area contributed by atoms with Gasteiger partial charge in [-0.1, -0.05) is 18.2 Å². The molecule has 8 heteroatoms. The van der Waals surface area contributed by atoms with E-state index in [2.05, 4.69) is 33.3 Å². The van der Waals surface area contributed by atoms with Crippen molar-refractivity contribution in [2.45, 2.75) is 65.1 Å².